The third-order valence-electron chi connectivity index (χ3n) is 1.69. The lowest BCUT2D eigenvalue weighted by Gasteiger charge is -2.02. The number of anilines is 2. The van der Waals surface area contributed by atoms with Gasteiger partial charge in [-0.15, -0.1) is 11.3 Å². The van der Waals surface area contributed by atoms with Crippen LogP contribution in [0.4, 0.5) is 11.9 Å². The molecule has 0 atom stereocenters. The van der Waals surface area contributed by atoms with E-state index in [0.29, 0.717) is 12.5 Å². The number of aryl methyl sites for hydroxylation is 1. The summed E-state index contributed by atoms with van der Waals surface area (Å²) in [5.41, 5.74) is 5.43. The lowest BCUT2D eigenvalue weighted by Crippen LogP contribution is -2.06. The first kappa shape index (κ1) is 11.0. The minimum atomic E-state index is 0.0744. The maximum absolute atomic E-state index is 5.64. The Labute approximate surface area is 101 Å². The van der Waals surface area contributed by atoms with E-state index in [-0.39, 0.29) is 11.2 Å². The minimum absolute atomic E-state index is 0.0744. The zero-order valence-corrected chi connectivity index (χ0v) is 10.0. The molecule has 0 spiro atoms. The molecule has 3 N–H and O–H groups in total. The normalized spacial score (nSPS) is 10.4. The van der Waals surface area contributed by atoms with E-state index in [1.807, 2.05) is 13.1 Å². The van der Waals surface area contributed by atoms with Gasteiger partial charge in [0.1, 0.15) is 5.01 Å². The van der Waals surface area contributed by atoms with E-state index in [9.17, 15) is 0 Å². The Balaban J connectivity index is 2.04. The molecule has 8 heteroatoms. The Morgan fingerprint density at radius 2 is 2.25 bits per heavy atom. The van der Waals surface area contributed by atoms with Crippen molar-refractivity contribution in [1.82, 2.24) is 19.9 Å². The van der Waals surface area contributed by atoms with E-state index in [4.69, 9.17) is 17.3 Å². The van der Waals surface area contributed by atoms with E-state index in [2.05, 4.69) is 25.3 Å². The Bertz CT molecular complexity index is 479. The molecule has 6 nitrogen and oxygen atoms in total. The van der Waals surface area contributed by atoms with Gasteiger partial charge in [0, 0.05) is 11.1 Å². The van der Waals surface area contributed by atoms with Gasteiger partial charge in [-0.1, -0.05) is 0 Å². The van der Waals surface area contributed by atoms with Gasteiger partial charge in [0.05, 0.1) is 6.54 Å². The maximum Gasteiger partial charge on any atom is 0.229 e. The van der Waals surface area contributed by atoms with Crippen LogP contribution in [0, 0.1) is 6.92 Å². The lowest BCUT2D eigenvalue weighted by atomic mass is 10.6. The first-order chi connectivity index (χ1) is 7.63. The lowest BCUT2D eigenvalue weighted by molar-refractivity contribution is 1.00. The summed E-state index contributed by atoms with van der Waals surface area (Å²) in [4.78, 5) is 16.8. The molecule has 0 aliphatic heterocycles. The first-order valence-corrected chi connectivity index (χ1v) is 5.65. The van der Waals surface area contributed by atoms with Gasteiger partial charge in [0.15, 0.2) is 0 Å². The van der Waals surface area contributed by atoms with Crippen molar-refractivity contribution in [2.45, 2.75) is 13.5 Å². The van der Waals surface area contributed by atoms with Gasteiger partial charge in [0.25, 0.3) is 0 Å². The van der Waals surface area contributed by atoms with Crippen LogP contribution in [0.25, 0.3) is 0 Å². The summed E-state index contributed by atoms with van der Waals surface area (Å²) in [6.45, 7) is 2.54. The molecule has 0 saturated carbocycles. The van der Waals surface area contributed by atoms with E-state index in [1.165, 1.54) is 0 Å². The number of nitrogens with two attached hydrogens (primary N) is 1. The van der Waals surface area contributed by atoms with Gasteiger partial charge in [-0.05, 0) is 18.5 Å². The summed E-state index contributed by atoms with van der Waals surface area (Å²) in [6, 6.07) is 0. The summed E-state index contributed by atoms with van der Waals surface area (Å²) in [5, 5.41) is 4.00. The zero-order chi connectivity index (χ0) is 11.5. The second kappa shape index (κ2) is 4.58. The number of aromatic nitrogens is 4. The van der Waals surface area contributed by atoms with Crippen LogP contribution in [0.2, 0.25) is 5.28 Å². The molecule has 0 aromatic carbocycles. The monoisotopic (exact) mass is 256 g/mol. The van der Waals surface area contributed by atoms with Crippen LogP contribution in [0.3, 0.4) is 0 Å². The molecular formula is C8H9ClN6S. The molecule has 0 fully saturated rings. The Kier molecular flexibility index (Phi) is 3.16. The van der Waals surface area contributed by atoms with Crippen molar-refractivity contribution in [1.29, 1.82) is 0 Å². The number of nitrogen functional groups attached to an aromatic ring is 1. The highest BCUT2D eigenvalue weighted by Gasteiger charge is 2.03. The largest absolute Gasteiger partial charge is 0.368 e. The van der Waals surface area contributed by atoms with E-state index in [0.717, 1.165) is 9.88 Å². The second-order valence-corrected chi connectivity index (χ2v) is 4.66. The van der Waals surface area contributed by atoms with Crippen LogP contribution in [0.5, 0.6) is 0 Å². The summed E-state index contributed by atoms with van der Waals surface area (Å²) >= 11 is 7.25. The van der Waals surface area contributed by atoms with Crippen molar-refractivity contribution in [2.75, 3.05) is 11.1 Å². The third-order valence-corrected chi connectivity index (χ3v) is 2.77. The fourth-order valence-corrected chi connectivity index (χ4v) is 1.98. The van der Waals surface area contributed by atoms with E-state index < -0.39 is 0 Å². The quantitative estimate of drug-likeness (QED) is 0.865. The average molecular weight is 257 g/mol. The topological polar surface area (TPSA) is 89.6 Å². The molecule has 2 aromatic rings. The molecule has 0 saturated heterocycles. The standard InChI is InChI=1S/C8H9ClN6S/c1-4-2-11-5(16-4)3-12-8-14-6(9)13-7(10)15-8/h2H,3H2,1H3,(H3,10,12,13,14,15). The molecular weight excluding hydrogens is 248 g/mol. The number of thiazole rings is 1. The number of nitrogens with zero attached hydrogens (tertiary/aromatic N) is 4. The Hall–Kier alpha value is -1.47. The molecule has 0 amide bonds. The maximum atomic E-state index is 5.64. The molecule has 2 heterocycles. The predicted molar refractivity (Wildman–Crippen MR) is 63.4 cm³/mol. The highest BCUT2D eigenvalue weighted by Crippen LogP contribution is 2.13. The van der Waals surface area contributed by atoms with Gasteiger partial charge in [-0.2, -0.15) is 15.0 Å². The van der Waals surface area contributed by atoms with E-state index in [1.54, 1.807) is 11.3 Å². The van der Waals surface area contributed by atoms with Gasteiger partial charge >= 0.3 is 0 Å². The number of hydrogen-bond donors (Lipinski definition) is 2. The van der Waals surface area contributed by atoms with Gasteiger partial charge in [-0.3, -0.25) is 0 Å². The Morgan fingerprint density at radius 3 is 2.88 bits per heavy atom. The van der Waals surface area contributed by atoms with Crippen molar-refractivity contribution in [3.63, 3.8) is 0 Å². The van der Waals surface area contributed by atoms with Crippen LogP contribution in [-0.4, -0.2) is 19.9 Å². The molecule has 0 unspecified atom stereocenters. The van der Waals surface area contributed by atoms with Crippen LogP contribution in [0.1, 0.15) is 9.88 Å². The molecule has 16 heavy (non-hydrogen) atoms. The molecule has 2 rings (SSSR count). The smallest absolute Gasteiger partial charge is 0.229 e. The second-order valence-electron chi connectivity index (χ2n) is 3.00. The molecule has 0 aliphatic carbocycles. The molecule has 84 valence electrons. The molecule has 0 bridgehead atoms. The SMILES string of the molecule is Cc1cnc(CNc2nc(N)nc(Cl)n2)s1. The van der Waals surface area contributed by atoms with Crippen LogP contribution in [-0.2, 0) is 6.54 Å². The van der Waals surface area contributed by atoms with Crippen molar-refractivity contribution in [3.8, 4) is 0 Å². The average Bonchev–Trinajstić information content (AvgIpc) is 2.60. The first-order valence-electron chi connectivity index (χ1n) is 4.46. The molecule has 0 radical (unpaired) electrons. The van der Waals surface area contributed by atoms with Crippen LogP contribution < -0.4 is 11.1 Å². The number of hydrogen-bond acceptors (Lipinski definition) is 7. The molecule has 2 aromatic heterocycles. The van der Waals surface area contributed by atoms with Crippen molar-refractivity contribution >= 4 is 34.8 Å². The van der Waals surface area contributed by atoms with E-state index >= 15 is 0 Å². The number of rotatable bonds is 3. The fraction of sp³-hybridized carbons (Fsp3) is 0.250. The Morgan fingerprint density at radius 1 is 1.44 bits per heavy atom. The zero-order valence-electron chi connectivity index (χ0n) is 8.44. The number of nitrogens with one attached hydrogen (secondary N) is 1. The predicted octanol–water partition coefficient (Wildman–Crippen LogP) is 1.48. The van der Waals surface area contributed by atoms with Crippen LogP contribution in [0.15, 0.2) is 6.20 Å². The van der Waals surface area contributed by atoms with Crippen molar-refractivity contribution in [3.05, 3.63) is 21.4 Å². The number of halogens is 1. The fourth-order valence-electron chi connectivity index (χ4n) is 1.08. The highest BCUT2D eigenvalue weighted by atomic mass is 35.5. The summed E-state index contributed by atoms with van der Waals surface area (Å²) in [6.07, 6.45) is 1.82. The van der Waals surface area contributed by atoms with Gasteiger partial charge < -0.3 is 11.1 Å². The van der Waals surface area contributed by atoms with Crippen molar-refractivity contribution in [2.24, 2.45) is 0 Å². The summed E-state index contributed by atoms with van der Waals surface area (Å²) in [5.74, 6) is 0.447. The summed E-state index contributed by atoms with van der Waals surface area (Å²) < 4.78 is 0. The third kappa shape index (κ3) is 2.77. The highest BCUT2D eigenvalue weighted by molar-refractivity contribution is 7.11. The van der Waals surface area contributed by atoms with Crippen LogP contribution >= 0.6 is 22.9 Å². The van der Waals surface area contributed by atoms with Gasteiger partial charge in [-0.25, -0.2) is 4.98 Å². The minimum Gasteiger partial charge on any atom is -0.368 e. The van der Waals surface area contributed by atoms with Gasteiger partial charge in [0.2, 0.25) is 17.2 Å². The molecule has 0 aliphatic rings. The summed E-state index contributed by atoms with van der Waals surface area (Å²) in [7, 11) is 0. The van der Waals surface area contributed by atoms with Crippen molar-refractivity contribution < 1.29 is 0 Å².